The Morgan fingerprint density at radius 2 is 1.71 bits per heavy atom. The van der Waals surface area contributed by atoms with Gasteiger partial charge in [-0.2, -0.15) is 0 Å². The van der Waals surface area contributed by atoms with Gasteiger partial charge in [-0.3, -0.25) is 9.69 Å². The molecular formula is C32H47ClN4O. The third-order valence-electron chi connectivity index (χ3n) is 7.26. The Bertz CT molecular complexity index is 1150. The number of aryl methyl sites for hydroxylation is 1. The van der Waals surface area contributed by atoms with Crippen molar-refractivity contribution in [3.8, 4) is 0 Å². The lowest BCUT2D eigenvalue weighted by Gasteiger charge is -2.40. The number of H-pyrrole nitrogens is 1. The molecule has 1 aliphatic rings. The van der Waals surface area contributed by atoms with Gasteiger partial charge in [-0.1, -0.05) is 63.4 Å². The van der Waals surface area contributed by atoms with E-state index in [2.05, 4.69) is 61.1 Å². The number of para-hydroxylation sites is 1. The maximum absolute atomic E-state index is 14.4. The molecule has 1 amide bonds. The lowest BCUT2D eigenvalue weighted by molar-refractivity contribution is -0.124. The normalized spacial score (nSPS) is 14.8. The molecular weight excluding hydrogens is 492 g/mol. The lowest BCUT2D eigenvalue weighted by atomic mass is 9.89. The van der Waals surface area contributed by atoms with Crippen LogP contribution in [0.1, 0.15) is 69.9 Å². The summed E-state index contributed by atoms with van der Waals surface area (Å²) < 4.78 is 0. The fraction of sp³-hybridized carbons (Fsp3) is 0.531. The fourth-order valence-corrected chi connectivity index (χ4v) is 5.59. The SMILES string of the molecule is CCCCN(CCCC)C(C(=O)N1CCCc2cc(Cl)ccc21)C(C)c1c[nH]c2ccccc12.CN(C)C. The number of aromatic amines is 1. The number of amides is 1. The summed E-state index contributed by atoms with van der Waals surface area (Å²) in [6.45, 7) is 9.34. The average molecular weight is 539 g/mol. The summed E-state index contributed by atoms with van der Waals surface area (Å²) in [5, 5.41) is 1.95. The second-order valence-corrected chi connectivity index (χ2v) is 11.4. The van der Waals surface area contributed by atoms with Gasteiger partial charge in [0.2, 0.25) is 5.91 Å². The molecule has 0 radical (unpaired) electrons. The molecule has 1 N–H and O–H groups in total. The van der Waals surface area contributed by atoms with Gasteiger partial charge in [0, 0.05) is 40.3 Å². The quantitative estimate of drug-likeness (QED) is 0.293. The molecule has 0 aliphatic carbocycles. The van der Waals surface area contributed by atoms with E-state index in [1.165, 1.54) is 16.5 Å². The maximum Gasteiger partial charge on any atom is 0.244 e. The third-order valence-corrected chi connectivity index (χ3v) is 7.49. The van der Waals surface area contributed by atoms with Crippen molar-refractivity contribution in [2.75, 3.05) is 45.7 Å². The topological polar surface area (TPSA) is 42.6 Å². The Morgan fingerprint density at radius 1 is 1.05 bits per heavy atom. The van der Waals surface area contributed by atoms with Crippen LogP contribution in [0.5, 0.6) is 0 Å². The Labute approximate surface area is 235 Å². The van der Waals surface area contributed by atoms with Crippen LogP contribution < -0.4 is 4.90 Å². The van der Waals surface area contributed by atoms with Crippen LogP contribution in [0.15, 0.2) is 48.7 Å². The van der Waals surface area contributed by atoms with Crippen LogP contribution in [-0.2, 0) is 11.2 Å². The zero-order valence-electron chi connectivity index (χ0n) is 24.3. The number of benzene rings is 2. The molecule has 0 fully saturated rings. The van der Waals surface area contributed by atoms with Crippen LogP contribution in [0.25, 0.3) is 10.9 Å². The second-order valence-electron chi connectivity index (χ2n) is 11.0. The largest absolute Gasteiger partial charge is 0.361 e. The summed E-state index contributed by atoms with van der Waals surface area (Å²) in [7, 11) is 6.00. The monoisotopic (exact) mass is 538 g/mol. The molecule has 0 saturated heterocycles. The molecule has 2 unspecified atom stereocenters. The van der Waals surface area contributed by atoms with Crippen LogP contribution in [0.2, 0.25) is 5.02 Å². The number of anilines is 1. The molecule has 1 aliphatic heterocycles. The number of fused-ring (bicyclic) bond motifs is 2. The number of carbonyl (C=O) groups excluding carboxylic acids is 1. The minimum atomic E-state index is -0.209. The first-order valence-electron chi connectivity index (χ1n) is 14.3. The van der Waals surface area contributed by atoms with Gasteiger partial charge in [-0.15, -0.1) is 0 Å². The zero-order valence-corrected chi connectivity index (χ0v) is 25.0. The van der Waals surface area contributed by atoms with Crippen molar-refractivity contribution in [2.45, 2.75) is 71.3 Å². The number of hydrogen-bond acceptors (Lipinski definition) is 3. The lowest BCUT2D eigenvalue weighted by Crippen LogP contribution is -2.53. The van der Waals surface area contributed by atoms with E-state index in [0.29, 0.717) is 0 Å². The van der Waals surface area contributed by atoms with Crippen molar-refractivity contribution in [3.63, 3.8) is 0 Å². The van der Waals surface area contributed by atoms with Crippen LogP contribution >= 0.6 is 11.6 Å². The number of carbonyl (C=O) groups is 1. The van der Waals surface area contributed by atoms with Crippen molar-refractivity contribution in [3.05, 3.63) is 64.8 Å². The highest BCUT2D eigenvalue weighted by molar-refractivity contribution is 6.30. The van der Waals surface area contributed by atoms with Crippen molar-refractivity contribution in [2.24, 2.45) is 0 Å². The predicted molar refractivity (Wildman–Crippen MR) is 164 cm³/mol. The zero-order chi connectivity index (χ0) is 27.7. The van der Waals surface area contributed by atoms with E-state index in [1.54, 1.807) is 0 Å². The van der Waals surface area contributed by atoms with Gasteiger partial charge in [0.25, 0.3) is 0 Å². The molecule has 38 heavy (non-hydrogen) atoms. The molecule has 2 aromatic carbocycles. The number of aromatic nitrogens is 1. The van der Waals surface area contributed by atoms with Crippen LogP contribution in [-0.4, -0.2) is 67.5 Å². The van der Waals surface area contributed by atoms with Crippen LogP contribution in [0.3, 0.4) is 0 Å². The molecule has 0 spiro atoms. The minimum Gasteiger partial charge on any atom is -0.361 e. The van der Waals surface area contributed by atoms with Crippen molar-refractivity contribution in [1.29, 1.82) is 0 Å². The van der Waals surface area contributed by atoms with E-state index < -0.39 is 0 Å². The molecule has 208 valence electrons. The second kappa shape index (κ2) is 14.7. The molecule has 3 aromatic rings. The number of hydrogen-bond donors (Lipinski definition) is 1. The summed E-state index contributed by atoms with van der Waals surface area (Å²) in [4.78, 5) is 24.4. The van der Waals surface area contributed by atoms with Gasteiger partial charge in [0.05, 0.1) is 6.04 Å². The van der Waals surface area contributed by atoms with E-state index in [1.807, 2.05) is 49.1 Å². The molecule has 1 aromatic heterocycles. The van der Waals surface area contributed by atoms with Gasteiger partial charge in [-0.05, 0) is 95.3 Å². The summed E-state index contributed by atoms with van der Waals surface area (Å²) in [5.41, 5.74) is 4.56. The Balaban J connectivity index is 0.000000934. The van der Waals surface area contributed by atoms with Gasteiger partial charge < -0.3 is 14.8 Å². The molecule has 4 rings (SSSR count). The first kappa shape index (κ1) is 30.2. The summed E-state index contributed by atoms with van der Waals surface area (Å²) in [6.07, 6.45) is 8.49. The Kier molecular flexibility index (Phi) is 11.7. The van der Waals surface area contributed by atoms with E-state index >= 15 is 0 Å². The van der Waals surface area contributed by atoms with Crippen LogP contribution in [0.4, 0.5) is 5.69 Å². The minimum absolute atomic E-state index is 0.0649. The smallest absolute Gasteiger partial charge is 0.244 e. The van der Waals surface area contributed by atoms with Crippen molar-refractivity contribution in [1.82, 2.24) is 14.8 Å². The summed E-state index contributed by atoms with van der Waals surface area (Å²) >= 11 is 6.29. The molecule has 6 heteroatoms. The highest BCUT2D eigenvalue weighted by atomic mass is 35.5. The summed E-state index contributed by atoms with van der Waals surface area (Å²) in [6, 6.07) is 14.2. The van der Waals surface area contributed by atoms with E-state index in [0.717, 1.165) is 74.4 Å². The molecule has 5 nitrogen and oxygen atoms in total. The van der Waals surface area contributed by atoms with Gasteiger partial charge >= 0.3 is 0 Å². The van der Waals surface area contributed by atoms with Crippen LogP contribution in [0, 0.1) is 0 Å². The van der Waals surface area contributed by atoms with E-state index in [-0.39, 0.29) is 17.9 Å². The molecule has 2 atom stereocenters. The van der Waals surface area contributed by atoms with Crippen molar-refractivity contribution < 1.29 is 4.79 Å². The average Bonchev–Trinajstić information content (AvgIpc) is 3.33. The van der Waals surface area contributed by atoms with Gasteiger partial charge in [0.1, 0.15) is 0 Å². The van der Waals surface area contributed by atoms with Gasteiger partial charge in [0.15, 0.2) is 0 Å². The van der Waals surface area contributed by atoms with E-state index in [9.17, 15) is 4.79 Å². The standard InChI is InChI=1S/C29H38ClN3O.C3H9N/c1-4-6-16-32(17-7-5-2)28(21(3)25-20-31-26-13-9-8-12-24(25)26)29(34)33-18-10-11-22-19-23(30)14-15-27(22)33;1-4(2)3/h8-9,12-15,19-21,28,31H,4-7,10-11,16-18H2,1-3H3;1-3H3. The molecule has 0 saturated carbocycles. The Hall–Kier alpha value is -2.34. The highest BCUT2D eigenvalue weighted by Gasteiger charge is 2.37. The highest BCUT2D eigenvalue weighted by Crippen LogP contribution is 2.35. The number of rotatable bonds is 10. The first-order chi connectivity index (χ1) is 18.3. The number of unbranched alkanes of at least 4 members (excludes halogenated alkanes) is 2. The maximum atomic E-state index is 14.4. The van der Waals surface area contributed by atoms with Crippen molar-refractivity contribution >= 4 is 34.1 Å². The Morgan fingerprint density at radius 3 is 2.37 bits per heavy atom. The number of nitrogens with one attached hydrogen (secondary N) is 1. The third kappa shape index (κ3) is 7.62. The van der Waals surface area contributed by atoms with E-state index in [4.69, 9.17) is 11.6 Å². The first-order valence-corrected chi connectivity index (χ1v) is 14.7. The molecule has 2 heterocycles. The fourth-order valence-electron chi connectivity index (χ4n) is 5.39. The summed E-state index contributed by atoms with van der Waals surface area (Å²) in [5.74, 6) is 0.281. The predicted octanol–water partition coefficient (Wildman–Crippen LogP) is 7.35. The number of halogens is 1. The molecule has 0 bridgehead atoms. The van der Waals surface area contributed by atoms with Gasteiger partial charge in [-0.25, -0.2) is 0 Å². The number of nitrogens with zero attached hydrogens (tertiary/aromatic N) is 3.